The van der Waals surface area contributed by atoms with E-state index in [1.165, 1.54) is 13.2 Å². The average Bonchev–Trinajstić information content (AvgIpc) is 2.77. The van der Waals surface area contributed by atoms with Crippen molar-refractivity contribution in [1.82, 2.24) is 4.90 Å². The minimum absolute atomic E-state index is 0.0244. The molecular formula is C23H24FNO4. The van der Waals surface area contributed by atoms with E-state index in [1.54, 1.807) is 17.0 Å². The fourth-order valence-electron chi connectivity index (χ4n) is 3.64. The molecule has 5 nitrogen and oxygen atoms in total. The first kappa shape index (κ1) is 20.7. The summed E-state index contributed by atoms with van der Waals surface area (Å²) in [5, 5.41) is 0. The second kappa shape index (κ2) is 9.45. The molecule has 0 unspecified atom stereocenters. The molecule has 152 valence electrons. The maximum Gasteiger partial charge on any atom is 0.306 e. The summed E-state index contributed by atoms with van der Waals surface area (Å²) in [6.45, 7) is 0.853. The number of hydrogen-bond donors (Lipinski definition) is 0. The molecule has 1 fully saturated rings. The molecule has 1 amide bonds. The van der Waals surface area contributed by atoms with Crippen molar-refractivity contribution in [3.63, 3.8) is 0 Å². The van der Waals surface area contributed by atoms with Crippen LogP contribution in [0.4, 0.5) is 4.39 Å². The summed E-state index contributed by atoms with van der Waals surface area (Å²) >= 11 is 0. The quantitative estimate of drug-likeness (QED) is 0.548. The predicted octanol–water partition coefficient (Wildman–Crippen LogP) is 3.87. The van der Waals surface area contributed by atoms with Crippen molar-refractivity contribution < 1.29 is 23.5 Å². The molecule has 3 rings (SSSR count). The van der Waals surface area contributed by atoms with Gasteiger partial charge >= 0.3 is 5.97 Å². The number of nitrogens with zero attached hydrogens (tertiary/aromatic N) is 1. The van der Waals surface area contributed by atoms with Gasteiger partial charge < -0.3 is 9.64 Å². The number of ketones is 1. The van der Waals surface area contributed by atoms with Gasteiger partial charge in [0.05, 0.1) is 13.5 Å². The summed E-state index contributed by atoms with van der Waals surface area (Å²) in [5.41, 5.74) is 1.52. The van der Waals surface area contributed by atoms with Crippen LogP contribution in [0.3, 0.4) is 0 Å². The van der Waals surface area contributed by atoms with Gasteiger partial charge in [0.15, 0.2) is 5.78 Å². The smallest absolute Gasteiger partial charge is 0.306 e. The highest BCUT2D eigenvalue weighted by atomic mass is 19.1. The van der Waals surface area contributed by atoms with E-state index >= 15 is 0 Å². The third-order valence-corrected chi connectivity index (χ3v) is 5.25. The Morgan fingerprint density at radius 3 is 2.55 bits per heavy atom. The topological polar surface area (TPSA) is 63.7 Å². The van der Waals surface area contributed by atoms with Crippen LogP contribution in [0.15, 0.2) is 48.5 Å². The van der Waals surface area contributed by atoms with Gasteiger partial charge in [0, 0.05) is 36.6 Å². The highest BCUT2D eigenvalue weighted by Crippen LogP contribution is 2.26. The number of hydrogen-bond acceptors (Lipinski definition) is 4. The zero-order valence-corrected chi connectivity index (χ0v) is 16.4. The van der Waals surface area contributed by atoms with E-state index in [2.05, 4.69) is 4.74 Å². The number of carbonyl (C=O) groups is 3. The summed E-state index contributed by atoms with van der Waals surface area (Å²) in [7, 11) is 1.28. The lowest BCUT2D eigenvalue weighted by Crippen LogP contribution is -2.42. The molecule has 0 aromatic heterocycles. The van der Waals surface area contributed by atoms with Crippen LogP contribution in [0.1, 0.15) is 36.0 Å². The van der Waals surface area contributed by atoms with Gasteiger partial charge in [0.25, 0.3) is 0 Å². The maximum absolute atomic E-state index is 14.6. The van der Waals surface area contributed by atoms with E-state index in [0.29, 0.717) is 37.1 Å². The largest absolute Gasteiger partial charge is 0.469 e. The first-order valence-corrected chi connectivity index (χ1v) is 9.73. The van der Waals surface area contributed by atoms with Gasteiger partial charge in [-0.2, -0.15) is 0 Å². The molecule has 1 aliphatic heterocycles. The first-order valence-electron chi connectivity index (χ1n) is 9.73. The fourth-order valence-corrected chi connectivity index (χ4v) is 3.64. The third kappa shape index (κ3) is 5.08. The molecule has 2 aromatic rings. The number of benzene rings is 2. The normalized spacial score (nSPS) is 16.3. The molecule has 0 spiro atoms. The molecule has 1 atom stereocenters. The van der Waals surface area contributed by atoms with E-state index < -0.39 is 11.8 Å². The van der Waals surface area contributed by atoms with Gasteiger partial charge in [-0.1, -0.05) is 42.5 Å². The van der Waals surface area contributed by atoms with Gasteiger partial charge in [0.1, 0.15) is 5.82 Å². The molecule has 2 aromatic carbocycles. The van der Waals surface area contributed by atoms with E-state index in [9.17, 15) is 18.8 Å². The Hall–Kier alpha value is -3.02. The van der Waals surface area contributed by atoms with Gasteiger partial charge in [0.2, 0.25) is 5.91 Å². The lowest BCUT2D eigenvalue weighted by molar-refractivity contribution is -0.144. The summed E-state index contributed by atoms with van der Waals surface area (Å²) in [4.78, 5) is 38.1. The van der Waals surface area contributed by atoms with E-state index in [4.69, 9.17) is 0 Å². The molecular weight excluding hydrogens is 373 g/mol. The van der Waals surface area contributed by atoms with Crippen molar-refractivity contribution in [1.29, 1.82) is 0 Å². The monoisotopic (exact) mass is 397 g/mol. The molecule has 0 aliphatic carbocycles. The number of amides is 1. The number of methoxy groups -OCH3 is 1. The van der Waals surface area contributed by atoms with Crippen molar-refractivity contribution in [3.05, 3.63) is 59.9 Å². The number of esters is 1. The summed E-state index contributed by atoms with van der Waals surface area (Å²) in [5.74, 6) is -1.57. The lowest BCUT2D eigenvalue weighted by atomic mass is 9.89. The number of Topliss-reactive ketones (excluding diaryl/α,β-unsaturated/α-hetero) is 1. The summed E-state index contributed by atoms with van der Waals surface area (Å²) in [6.07, 6.45) is 1.44. The number of rotatable bonds is 6. The zero-order valence-electron chi connectivity index (χ0n) is 16.4. The molecule has 29 heavy (non-hydrogen) atoms. The molecule has 6 heteroatoms. The molecule has 0 bridgehead atoms. The van der Waals surface area contributed by atoms with Crippen molar-refractivity contribution in [2.75, 3.05) is 20.2 Å². The Balaban J connectivity index is 1.67. The second-order valence-corrected chi connectivity index (χ2v) is 7.18. The van der Waals surface area contributed by atoms with Crippen LogP contribution in [-0.4, -0.2) is 42.8 Å². The highest BCUT2D eigenvalue weighted by Gasteiger charge is 2.29. The average molecular weight is 397 g/mol. The summed E-state index contributed by atoms with van der Waals surface area (Å²) in [6, 6.07) is 13.7. The zero-order chi connectivity index (χ0) is 20.8. The van der Waals surface area contributed by atoms with Crippen LogP contribution in [0.25, 0.3) is 11.1 Å². The Kier molecular flexibility index (Phi) is 6.75. The Morgan fingerprint density at radius 1 is 1.10 bits per heavy atom. The van der Waals surface area contributed by atoms with Crippen molar-refractivity contribution in [2.45, 2.75) is 25.7 Å². The number of halogens is 1. The molecule has 1 saturated heterocycles. The second-order valence-electron chi connectivity index (χ2n) is 7.18. The van der Waals surface area contributed by atoms with Gasteiger partial charge in [-0.25, -0.2) is 4.39 Å². The molecule has 0 radical (unpaired) electrons. The van der Waals surface area contributed by atoms with Crippen LogP contribution in [0, 0.1) is 11.7 Å². The maximum atomic E-state index is 14.6. The fraction of sp³-hybridized carbons (Fsp3) is 0.348. The summed E-state index contributed by atoms with van der Waals surface area (Å²) < 4.78 is 19.2. The predicted molar refractivity (Wildman–Crippen MR) is 107 cm³/mol. The van der Waals surface area contributed by atoms with Crippen LogP contribution >= 0.6 is 0 Å². The van der Waals surface area contributed by atoms with E-state index in [1.807, 2.05) is 30.3 Å². The van der Waals surface area contributed by atoms with Crippen molar-refractivity contribution >= 4 is 17.7 Å². The minimum Gasteiger partial charge on any atom is -0.469 e. The number of likely N-dealkylation sites (tertiary alicyclic amines) is 1. The van der Waals surface area contributed by atoms with Crippen molar-refractivity contribution in [2.24, 2.45) is 5.92 Å². The van der Waals surface area contributed by atoms with Gasteiger partial charge in [-0.05, 0) is 24.5 Å². The molecule has 1 aliphatic rings. The minimum atomic E-state index is -0.441. The van der Waals surface area contributed by atoms with E-state index in [-0.39, 0.29) is 30.4 Å². The standard InChI is InChI=1S/C23H24FNO4/c1-29-22(27)12-11-21(26)25-13-5-8-18(15-25)23(28)17-9-10-19(20(24)14-17)16-6-3-2-4-7-16/h2-4,6-7,9-10,14,18H,5,8,11-13,15H2,1H3/t18-/m0/s1. The number of ether oxygens (including phenoxy) is 1. The Bertz CT molecular complexity index is 897. The first-order chi connectivity index (χ1) is 14.0. The molecule has 0 saturated carbocycles. The third-order valence-electron chi connectivity index (χ3n) is 5.25. The number of carbonyl (C=O) groups excluding carboxylic acids is 3. The van der Waals surface area contributed by atoms with Crippen LogP contribution < -0.4 is 0 Å². The van der Waals surface area contributed by atoms with Gasteiger partial charge in [-0.15, -0.1) is 0 Å². The Labute approximate surface area is 169 Å². The Morgan fingerprint density at radius 2 is 1.86 bits per heavy atom. The van der Waals surface area contributed by atoms with Gasteiger partial charge in [-0.3, -0.25) is 14.4 Å². The highest BCUT2D eigenvalue weighted by molar-refractivity contribution is 5.98. The lowest BCUT2D eigenvalue weighted by Gasteiger charge is -2.32. The number of piperidine rings is 1. The van der Waals surface area contributed by atoms with E-state index in [0.717, 1.165) is 5.56 Å². The van der Waals surface area contributed by atoms with Crippen LogP contribution in [0.5, 0.6) is 0 Å². The SMILES string of the molecule is COC(=O)CCC(=O)N1CCC[C@H](C(=O)c2ccc(-c3ccccc3)c(F)c2)C1. The van der Waals surface area contributed by atoms with Crippen LogP contribution in [-0.2, 0) is 14.3 Å². The molecule has 1 heterocycles. The molecule has 0 N–H and O–H groups in total. The van der Waals surface area contributed by atoms with Crippen LogP contribution in [0.2, 0.25) is 0 Å². The van der Waals surface area contributed by atoms with Crippen molar-refractivity contribution in [3.8, 4) is 11.1 Å².